The third kappa shape index (κ3) is 2.56. The Bertz CT molecular complexity index is 651. The Morgan fingerprint density at radius 3 is 2.95 bits per heavy atom. The molecular weight excluding hydrogens is 272 g/mol. The second-order valence-electron chi connectivity index (χ2n) is 4.68. The number of nitrogens with one attached hydrogen (secondary N) is 1. The lowest BCUT2D eigenvalue weighted by molar-refractivity contribution is 0.674. The third-order valence-electron chi connectivity index (χ3n) is 3.13. The molecule has 1 atom stereocenters. The minimum Gasteiger partial charge on any atom is -0.319 e. The monoisotopic (exact) mass is 288 g/mol. The first-order chi connectivity index (χ1) is 9.28. The van der Waals surface area contributed by atoms with Gasteiger partial charge in [0.25, 0.3) is 0 Å². The van der Waals surface area contributed by atoms with Gasteiger partial charge in [-0.3, -0.25) is 0 Å². The Kier molecular flexibility index (Phi) is 3.64. The maximum absolute atomic E-state index is 4.78. The molecule has 0 aliphatic heterocycles. The van der Waals surface area contributed by atoms with E-state index in [9.17, 15) is 0 Å². The molecule has 0 saturated carbocycles. The van der Waals surface area contributed by atoms with Gasteiger partial charge in [-0.15, -0.1) is 22.7 Å². The van der Waals surface area contributed by atoms with Gasteiger partial charge in [0.05, 0.1) is 15.6 Å². The second kappa shape index (κ2) is 5.41. The van der Waals surface area contributed by atoms with E-state index in [1.807, 2.05) is 18.4 Å². The van der Waals surface area contributed by atoms with E-state index in [0.717, 1.165) is 12.2 Å². The van der Waals surface area contributed by atoms with Crippen LogP contribution >= 0.6 is 22.7 Å². The van der Waals surface area contributed by atoms with E-state index in [0.29, 0.717) is 5.92 Å². The summed E-state index contributed by atoms with van der Waals surface area (Å²) >= 11 is 3.58. The van der Waals surface area contributed by atoms with E-state index in [1.165, 1.54) is 20.0 Å². The van der Waals surface area contributed by atoms with E-state index in [-0.39, 0.29) is 0 Å². The minimum atomic E-state index is 0.470. The van der Waals surface area contributed by atoms with Crippen LogP contribution in [0.5, 0.6) is 0 Å². The molecule has 19 heavy (non-hydrogen) atoms. The number of hydrogen-bond acceptors (Lipinski definition) is 4. The molecule has 3 aromatic rings. The van der Waals surface area contributed by atoms with Crippen LogP contribution in [0.2, 0.25) is 0 Å². The molecule has 3 rings (SSSR count). The number of benzene rings is 1. The number of aromatic nitrogens is 1. The molecule has 1 N–H and O–H groups in total. The van der Waals surface area contributed by atoms with Crippen molar-refractivity contribution >= 4 is 32.8 Å². The summed E-state index contributed by atoms with van der Waals surface area (Å²) in [6.07, 6.45) is 0. The molecule has 2 nitrogen and oxygen atoms in total. The Balaban J connectivity index is 1.93. The van der Waals surface area contributed by atoms with Crippen molar-refractivity contribution in [1.82, 2.24) is 10.3 Å². The van der Waals surface area contributed by atoms with Gasteiger partial charge in [0.15, 0.2) is 0 Å². The van der Waals surface area contributed by atoms with Crippen LogP contribution < -0.4 is 5.32 Å². The van der Waals surface area contributed by atoms with Crippen molar-refractivity contribution in [2.75, 3.05) is 13.6 Å². The Labute approximate surface area is 121 Å². The highest BCUT2D eigenvalue weighted by Gasteiger charge is 2.12. The van der Waals surface area contributed by atoms with Crippen molar-refractivity contribution in [3.8, 4) is 10.6 Å². The molecule has 1 aromatic carbocycles. The fourth-order valence-corrected chi connectivity index (χ4v) is 4.11. The number of hydrogen-bond donors (Lipinski definition) is 1. The first-order valence-electron chi connectivity index (χ1n) is 6.37. The van der Waals surface area contributed by atoms with Crippen molar-refractivity contribution in [3.05, 3.63) is 40.7 Å². The van der Waals surface area contributed by atoms with Crippen LogP contribution in [-0.4, -0.2) is 18.6 Å². The van der Waals surface area contributed by atoms with Gasteiger partial charge in [-0.25, -0.2) is 4.98 Å². The number of likely N-dealkylation sites (N-methyl/N-ethyl adjacent to an activating group) is 1. The molecule has 0 radical (unpaired) electrons. The summed E-state index contributed by atoms with van der Waals surface area (Å²) in [6, 6.07) is 10.7. The van der Waals surface area contributed by atoms with Gasteiger partial charge in [-0.1, -0.05) is 25.1 Å². The highest BCUT2D eigenvalue weighted by atomic mass is 32.1. The number of fused-ring (bicyclic) bond motifs is 1. The topological polar surface area (TPSA) is 24.9 Å². The predicted molar refractivity (Wildman–Crippen MR) is 85.3 cm³/mol. The quantitative estimate of drug-likeness (QED) is 0.772. The van der Waals surface area contributed by atoms with Gasteiger partial charge in [0.2, 0.25) is 0 Å². The van der Waals surface area contributed by atoms with Gasteiger partial charge in [-0.2, -0.15) is 0 Å². The number of thiophene rings is 1. The van der Waals surface area contributed by atoms with E-state index < -0.39 is 0 Å². The first-order valence-corrected chi connectivity index (χ1v) is 8.06. The molecule has 0 aliphatic carbocycles. The molecule has 98 valence electrons. The van der Waals surface area contributed by atoms with Crippen LogP contribution in [0.25, 0.3) is 20.7 Å². The lowest BCUT2D eigenvalue weighted by atomic mass is 10.2. The van der Waals surface area contributed by atoms with E-state index in [1.54, 1.807) is 11.3 Å². The number of rotatable bonds is 4. The van der Waals surface area contributed by atoms with Gasteiger partial charge < -0.3 is 5.32 Å². The normalized spacial score (nSPS) is 12.9. The summed E-state index contributed by atoms with van der Waals surface area (Å²) in [5.74, 6) is 0.470. The lowest BCUT2D eigenvalue weighted by Gasteiger charge is -2.05. The lowest BCUT2D eigenvalue weighted by Crippen LogP contribution is -2.14. The molecule has 1 unspecified atom stereocenters. The van der Waals surface area contributed by atoms with Crippen LogP contribution in [0.4, 0.5) is 0 Å². The van der Waals surface area contributed by atoms with Crippen LogP contribution in [0.3, 0.4) is 0 Å². The van der Waals surface area contributed by atoms with E-state index >= 15 is 0 Å². The van der Waals surface area contributed by atoms with Crippen LogP contribution in [-0.2, 0) is 0 Å². The molecule has 0 amide bonds. The Hall–Kier alpha value is -1.23. The highest BCUT2D eigenvalue weighted by molar-refractivity contribution is 7.22. The first kappa shape index (κ1) is 12.8. The number of nitrogens with zero attached hydrogens (tertiary/aromatic N) is 1. The summed E-state index contributed by atoms with van der Waals surface area (Å²) in [6.45, 7) is 3.18. The molecule has 0 aliphatic rings. The van der Waals surface area contributed by atoms with Crippen LogP contribution in [0, 0.1) is 0 Å². The van der Waals surface area contributed by atoms with E-state index in [2.05, 4.69) is 48.0 Å². The maximum atomic E-state index is 4.78. The standard InChI is InChI=1S/C15H16N2S2/c1-10(8-16-2)15-17-12(9-18-15)14-7-11-5-3-4-6-13(11)19-14/h3-7,9-10,16H,8H2,1-2H3. The molecule has 2 aromatic heterocycles. The van der Waals surface area contributed by atoms with Crippen molar-refractivity contribution in [3.63, 3.8) is 0 Å². The van der Waals surface area contributed by atoms with Crippen LogP contribution in [0.15, 0.2) is 35.7 Å². The zero-order chi connectivity index (χ0) is 13.2. The summed E-state index contributed by atoms with van der Waals surface area (Å²) in [4.78, 5) is 6.05. The average molecular weight is 288 g/mol. The fourth-order valence-electron chi connectivity index (χ4n) is 2.13. The molecule has 2 heterocycles. The Morgan fingerprint density at radius 2 is 2.16 bits per heavy atom. The van der Waals surface area contributed by atoms with Crippen molar-refractivity contribution in [2.24, 2.45) is 0 Å². The zero-order valence-corrected chi connectivity index (χ0v) is 12.6. The summed E-state index contributed by atoms with van der Waals surface area (Å²) < 4.78 is 1.33. The molecule has 0 spiro atoms. The smallest absolute Gasteiger partial charge is 0.0973 e. The predicted octanol–water partition coefficient (Wildman–Crippen LogP) is 4.35. The Morgan fingerprint density at radius 1 is 1.32 bits per heavy atom. The van der Waals surface area contributed by atoms with Gasteiger partial charge in [-0.05, 0) is 24.6 Å². The molecule has 0 bridgehead atoms. The SMILES string of the molecule is CNCC(C)c1nc(-c2cc3ccccc3s2)cs1. The molecule has 0 saturated heterocycles. The molecule has 4 heteroatoms. The van der Waals surface area contributed by atoms with Crippen molar-refractivity contribution in [1.29, 1.82) is 0 Å². The number of thiazole rings is 1. The second-order valence-corrected chi connectivity index (χ2v) is 6.65. The molecule has 0 fully saturated rings. The summed E-state index contributed by atoms with van der Waals surface area (Å²) in [5.41, 5.74) is 1.11. The third-order valence-corrected chi connectivity index (χ3v) is 5.35. The van der Waals surface area contributed by atoms with E-state index in [4.69, 9.17) is 4.98 Å². The van der Waals surface area contributed by atoms with Gasteiger partial charge in [0.1, 0.15) is 0 Å². The summed E-state index contributed by atoms with van der Waals surface area (Å²) in [7, 11) is 1.98. The van der Waals surface area contributed by atoms with Crippen molar-refractivity contribution in [2.45, 2.75) is 12.8 Å². The maximum Gasteiger partial charge on any atom is 0.0973 e. The molecular formula is C15H16N2S2. The highest BCUT2D eigenvalue weighted by Crippen LogP contribution is 2.34. The summed E-state index contributed by atoms with van der Waals surface area (Å²) in [5, 5.41) is 7.89. The largest absolute Gasteiger partial charge is 0.319 e. The van der Waals surface area contributed by atoms with Crippen LogP contribution in [0.1, 0.15) is 17.8 Å². The zero-order valence-electron chi connectivity index (χ0n) is 11.0. The minimum absolute atomic E-state index is 0.470. The average Bonchev–Trinajstić information content (AvgIpc) is 3.05. The van der Waals surface area contributed by atoms with Gasteiger partial charge in [0, 0.05) is 22.5 Å². The van der Waals surface area contributed by atoms with Crippen molar-refractivity contribution < 1.29 is 0 Å². The van der Waals surface area contributed by atoms with Gasteiger partial charge >= 0.3 is 0 Å². The fraction of sp³-hybridized carbons (Fsp3) is 0.267.